The van der Waals surface area contributed by atoms with Gasteiger partial charge in [-0.3, -0.25) is 4.79 Å². The predicted molar refractivity (Wildman–Crippen MR) is 77.2 cm³/mol. The van der Waals surface area contributed by atoms with Crippen molar-refractivity contribution in [3.05, 3.63) is 28.8 Å². The molecule has 0 saturated carbocycles. The van der Waals surface area contributed by atoms with Gasteiger partial charge in [0.05, 0.1) is 26.2 Å². The smallest absolute Gasteiger partial charge is 0.224 e. The van der Waals surface area contributed by atoms with E-state index in [0.29, 0.717) is 23.7 Å². The third-order valence-corrected chi connectivity index (χ3v) is 2.99. The number of rotatable bonds is 8. The van der Waals surface area contributed by atoms with Crippen LogP contribution in [0.5, 0.6) is 5.75 Å². The molecule has 0 radical (unpaired) electrons. The first-order valence-electron chi connectivity index (χ1n) is 6.33. The lowest BCUT2D eigenvalue weighted by molar-refractivity contribution is -0.120. The molecule has 20 heavy (non-hydrogen) atoms. The van der Waals surface area contributed by atoms with Crippen LogP contribution in [0.1, 0.15) is 12.0 Å². The molecule has 6 heteroatoms. The summed E-state index contributed by atoms with van der Waals surface area (Å²) in [6, 6.07) is 5.15. The van der Waals surface area contributed by atoms with Gasteiger partial charge in [-0.2, -0.15) is 0 Å². The molecule has 2 N–H and O–H groups in total. The number of carbonyl (C=O) groups excluding carboxylic acids is 1. The minimum Gasteiger partial charge on any atom is -0.496 e. The molecule has 0 spiro atoms. The van der Waals surface area contributed by atoms with E-state index in [-0.39, 0.29) is 18.9 Å². The van der Waals surface area contributed by atoms with Crippen LogP contribution in [0.25, 0.3) is 0 Å². The SMILES string of the molecule is COCC(O)CCNC(=O)Cc1cc(Cl)ccc1OC. The maximum absolute atomic E-state index is 11.8. The van der Waals surface area contributed by atoms with E-state index in [4.69, 9.17) is 21.1 Å². The quantitative estimate of drug-likeness (QED) is 0.762. The van der Waals surface area contributed by atoms with E-state index in [9.17, 15) is 9.90 Å². The molecule has 0 fully saturated rings. The van der Waals surface area contributed by atoms with Gasteiger partial charge in [0.25, 0.3) is 0 Å². The number of aliphatic hydroxyl groups excluding tert-OH is 1. The van der Waals surface area contributed by atoms with Crippen LogP contribution in [0.15, 0.2) is 18.2 Å². The first kappa shape index (κ1) is 16.8. The van der Waals surface area contributed by atoms with Gasteiger partial charge in [-0.05, 0) is 24.6 Å². The molecule has 1 amide bonds. The molecular formula is C14H20ClNO4. The molecule has 1 unspecified atom stereocenters. The van der Waals surface area contributed by atoms with Crippen molar-refractivity contribution in [3.63, 3.8) is 0 Å². The predicted octanol–water partition coefficient (Wildman–Crippen LogP) is 1.40. The van der Waals surface area contributed by atoms with Crippen molar-refractivity contribution in [2.45, 2.75) is 18.9 Å². The average Bonchev–Trinajstić information content (AvgIpc) is 2.39. The summed E-state index contributed by atoms with van der Waals surface area (Å²) in [7, 11) is 3.07. The van der Waals surface area contributed by atoms with E-state index in [1.807, 2.05) is 0 Å². The Balaban J connectivity index is 2.44. The number of hydrogen-bond donors (Lipinski definition) is 2. The second-order valence-corrected chi connectivity index (χ2v) is 4.82. The van der Waals surface area contributed by atoms with Crippen LogP contribution in [0.3, 0.4) is 0 Å². The minimum absolute atomic E-state index is 0.143. The standard InChI is InChI=1S/C14H20ClNO4/c1-19-9-12(17)5-6-16-14(18)8-10-7-11(15)3-4-13(10)20-2/h3-4,7,12,17H,5-6,8-9H2,1-2H3,(H,16,18). The number of amides is 1. The zero-order chi connectivity index (χ0) is 15.0. The van der Waals surface area contributed by atoms with E-state index in [0.717, 1.165) is 5.56 Å². The zero-order valence-electron chi connectivity index (χ0n) is 11.7. The Morgan fingerprint density at radius 1 is 1.45 bits per heavy atom. The van der Waals surface area contributed by atoms with Crippen molar-refractivity contribution in [3.8, 4) is 5.75 Å². The lowest BCUT2D eigenvalue weighted by Gasteiger charge is -2.11. The second kappa shape index (κ2) is 8.79. The van der Waals surface area contributed by atoms with Crippen LogP contribution < -0.4 is 10.1 Å². The Bertz CT molecular complexity index is 439. The van der Waals surface area contributed by atoms with Crippen molar-refractivity contribution in [2.24, 2.45) is 0 Å². The molecule has 1 rings (SSSR count). The first-order valence-corrected chi connectivity index (χ1v) is 6.70. The Hall–Kier alpha value is -1.30. The molecule has 0 heterocycles. The topological polar surface area (TPSA) is 67.8 Å². The molecule has 1 aromatic carbocycles. The molecule has 112 valence electrons. The van der Waals surface area contributed by atoms with Crippen LogP contribution in [-0.4, -0.2) is 44.5 Å². The van der Waals surface area contributed by atoms with Gasteiger partial charge in [-0.25, -0.2) is 0 Å². The van der Waals surface area contributed by atoms with E-state index < -0.39 is 6.10 Å². The highest BCUT2D eigenvalue weighted by atomic mass is 35.5. The largest absolute Gasteiger partial charge is 0.496 e. The van der Waals surface area contributed by atoms with Gasteiger partial charge in [0.1, 0.15) is 5.75 Å². The lowest BCUT2D eigenvalue weighted by Crippen LogP contribution is -2.29. The van der Waals surface area contributed by atoms with Crippen LogP contribution in [0, 0.1) is 0 Å². The number of methoxy groups -OCH3 is 2. The third-order valence-electron chi connectivity index (χ3n) is 2.75. The number of aliphatic hydroxyl groups is 1. The number of benzene rings is 1. The maximum atomic E-state index is 11.8. The number of hydrogen-bond acceptors (Lipinski definition) is 4. The molecule has 5 nitrogen and oxygen atoms in total. The normalized spacial score (nSPS) is 12.0. The van der Waals surface area contributed by atoms with Crippen LogP contribution >= 0.6 is 11.6 Å². The van der Waals surface area contributed by atoms with Crippen molar-refractivity contribution >= 4 is 17.5 Å². The van der Waals surface area contributed by atoms with E-state index >= 15 is 0 Å². The van der Waals surface area contributed by atoms with E-state index in [1.54, 1.807) is 25.3 Å². The average molecular weight is 302 g/mol. The van der Waals surface area contributed by atoms with Gasteiger partial charge in [-0.15, -0.1) is 0 Å². The molecule has 0 aliphatic heterocycles. The number of nitrogens with one attached hydrogen (secondary N) is 1. The second-order valence-electron chi connectivity index (χ2n) is 4.38. The van der Waals surface area contributed by atoms with E-state index in [1.165, 1.54) is 7.11 Å². The highest BCUT2D eigenvalue weighted by molar-refractivity contribution is 6.30. The Morgan fingerprint density at radius 3 is 2.85 bits per heavy atom. The monoisotopic (exact) mass is 301 g/mol. The maximum Gasteiger partial charge on any atom is 0.224 e. The fourth-order valence-electron chi connectivity index (χ4n) is 1.77. The molecule has 0 aliphatic carbocycles. The molecule has 1 atom stereocenters. The molecular weight excluding hydrogens is 282 g/mol. The Kier molecular flexibility index (Phi) is 7.36. The van der Waals surface area contributed by atoms with Crippen LogP contribution in [-0.2, 0) is 16.0 Å². The Labute approximate surface area is 123 Å². The zero-order valence-corrected chi connectivity index (χ0v) is 12.4. The summed E-state index contributed by atoms with van der Waals surface area (Å²) in [6.07, 6.45) is 0.0668. The summed E-state index contributed by atoms with van der Waals surface area (Å²) in [5.74, 6) is 0.485. The summed E-state index contributed by atoms with van der Waals surface area (Å²) in [6.45, 7) is 0.657. The van der Waals surface area contributed by atoms with Crippen molar-refractivity contribution in [1.82, 2.24) is 5.32 Å². The first-order chi connectivity index (χ1) is 9.56. The van der Waals surface area contributed by atoms with Crippen molar-refractivity contribution < 1.29 is 19.4 Å². The molecule has 0 saturated heterocycles. The molecule has 0 aliphatic rings. The Morgan fingerprint density at radius 2 is 2.20 bits per heavy atom. The molecule has 0 aromatic heterocycles. The summed E-state index contributed by atoms with van der Waals surface area (Å²) in [4.78, 5) is 11.8. The highest BCUT2D eigenvalue weighted by Gasteiger charge is 2.10. The van der Waals surface area contributed by atoms with Crippen molar-refractivity contribution in [2.75, 3.05) is 27.4 Å². The van der Waals surface area contributed by atoms with Gasteiger partial charge in [-0.1, -0.05) is 11.6 Å². The molecule has 0 bridgehead atoms. The van der Waals surface area contributed by atoms with Gasteiger partial charge < -0.3 is 19.9 Å². The van der Waals surface area contributed by atoms with Crippen LogP contribution in [0.2, 0.25) is 5.02 Å². The van der Waals surface area contributed by atoms with Gasteiger partial charge in [0.2, 0.25) is 5.91 Å². The number of ether oxygens (including phenoxy) is 2. The minimum atomic E-state index is -0.569. The van der Waals surface area contributed by atoms with Crippen LogP contribution in [0.4, 0.5) is 0 Å². The van der Waals surface area contributed by atoms with Gasteiger partial charge >= 0.3 is 0 Å². The highest BCUT2D eigenvalue weighted by Crippen LogP contribution is 2.22. The fraction of sp³-hybridized carbons (Fsp3) is 0.500. The van der Waals surface area contributed by atoms with E-state index in [2.05, 4.69) is 5.32 Å². The summed E-state index contributed by atoms with van der Waals surface area (Å²) in [5.41, 5.74) is 0.731. The summed E-state index contributed by atoms with van der Waals surface area (Å²) >= 11 is 5.90. The number of halogens is 1. The van der Waals surface area contributed by atoms with Crippen molar-refractivity contribution in [1.29, 1.82) is 0 Å². The molecule has 1 aromatic rings. The summed E-state index contributed by atoms with van der Waals surface area (Å²) in [5, 5.41) is 12.8. The van der Waals surface area contributed by atoms with Gasteiger partial charge in [0.15, 0.2) is 0 Å². The number of carbonyl (C=O) groups is 1. The van der Waals surface area contributed by atoms with Gasteiger partial charge in [0, 0.05) is 24.2 Å². The summed E-state index contributed by atoms with van der Waals surface area (Å²) < 4.78 is 9.99. The lowest BCUT2D eigenvalue weighted by atomic mass is 10.1. The fourth-order valence-corrected chi connectivity index (χ4v) is 1.97. The third kappa shape index (κ3) is 5.77.